The van der Waals surface area contributed by atoms with E-state index in [1.807, 2.05) is 24.3 Å². The van der Waals surface area contributed by atoms with Gasteiger partial charge in [0, 0.05) is 30.4 Å². The molecule has 0 bridgehead atoms. The smallest absolute Gasteiger partial charge is 0.248 e. The number of carbonyl (C=O) groups is 1. The number of hydrogen-bond donors (Lipinski definition) is 2. The zero-order valence-electron chi connectivity index (χ0n) is 17.2. The Bertz CT molecular complexity index is 972. The zero-order chi connectivity index (χ0) is 20.4. The largest absolute Gasteiger partial charge is 0.366 e. The van der Waals surface area contributed by atoms with Crippen LogP contribution < -0.4 is 16.0 Å². The van der Waals surface area contributed by atoms with Gasteiger partial charge in [0.25, 0.3) is 0 Å². The van der Waals surface area contributed by atoms with Crippen molar-refractivity contribution >= 4 is 22.7 Å². The lowest BCUT2D eigenvalue weighted by atomic mass is 9.92. The first-order valence-electron chi connectivity index (χ1n) is 10.4. The second-order valence-electron chi connectivity index (χ2n) is 8.06. The number of anilines is 1. The highest BCUT2D eigenvalue weighted by molar-refractivity contribution is 5.93. The molecule has 0 spiro atoms. The molecule has 1 atom stereocenters. The van der Waals surface area contributed by atoms with E-state index in [4.69, 9.17) is 5.73 Å². The first-order valence-corrected chi connectivity index (χ1v) is 10.4. The molecule has 2 aliphatic heterocycles. The van der Waals surface area contributed by atoms with E-state index in [9.17, 15) is 4.79 Å². The molecule has 0 radical (unpaired) electrons. The third kappa shape index (κ3) is 4.13. The number of benzene rings is 2. The maximum absolute atomic E-state index is 11.3. The molecule has 4 nitrogen and oxygen atoms in total. The molecule has 0 aromatic heterocycles. The Balaban J connectivity index is 1.52. The fourth-order valence-electron chi connectivity index (χ4n) is 4.40. The fourth-order valence-corrected chi connectivity index (χ4v) is 4.40. The number of amides is 1. The van der Waals surface area contributed by atoms with Crippen LogP contribution in [-0.2, 0) is 0 Å². The molecule has 0 aliphatic carbocycles. The van der Waals surface area contributed by atoms with Crippen molar-refractivity contribution in [2.75, 3.05) is 24.5 Å². The summed E-state index contributed by atoms with van der Waals surface area (Å²) in [7, 11) is 0. The van der Waals surface area contributed by atoms with Crippen molar-refractivity contribution in [1.82, 2.24) is 5.32 Å². The lowest BCUT2D eigenvalue weighted by Crippen LogP contribution is -2.36. The molecule has 29 heavy (non-hydrogen) atoms. The maximum atomic E-state index is 11.3. The van der Waals surface area contributed by atoms with Gasteiger partial charge in [-0.05, 0) is 85.3 Å². The van der Waals surface area contributed by atoms with Crippen molar-refractivity contribution in [3.8, 4) is 0 Å². The SMILES string of the molecule is Cc1cc(N2CC=C(c3ccc(C(N)=O)cc3)CC2C)ccc1C1=CCNCC1. The monoisotopic (exact) mass is 387 g/mol. The minimum atomic E-state index is -0.382. The van der Waals surface area contributed by atoms with Crippen LogP contribution in [0.5, 0.6) is 0 Å². The van der Waals surface area contributed by atoms with Gasteiger partial charge >= 0.3 is 0 Å². The third-order valence-electron chi connectivity index (χ3n) is 6.07. The van der Waals surface area contributed by atoms with Gasteiger partial charge in [-0.15, -0.1) is 0 Å². The molecule has 150 valence electrons. The number of carbonyl (C=O) groups excluding carboxylic acids is 1. The Kier molecular flexibility index (Phi) is 5.54. The van der Waals surface area contributed by atoms with Crippen molar-refractivity contribution in [3.63, 3.8) is 0 Å². The number of nitrogens with zero attached hydrogens (tertiary/aromatic N) is 1. The lowest BCUT2D eigenvalue weighted by Gasteiger charge is -2.35. The van der Waals surface area contributed by atoms with Crippen LogP contribution in [0.2, 0.25) is 0 Å². The van der Waals surface area contributed by atoms with Crippen LogP contribution in [0.3, 0.4) is 0 Å². The van der Waals surface area contributed by atoms with Gasteiger partial charge in [0.1, 0.15) is 0 Å². The topological polar surface area (TPSA) is 58.4 Å². The van der Waals surface area contributed by atoms with Gasteiger partial charge in [-0.2, -0.15) is 0 Å². The molecule has 2 aliphatic rings. The first-order chi connectivity index (χ1) is 14.0. The molecular formula is C25H29N3O. The van der Waals surface area contributed by atoms with Crippen LogP contribution in [0.4, 0.5) is 5.69 Å². The summed E-state index contributed by atoms with van der Waals surface area (Å²) in [5, 5.41) is 3.39. The van der Waals surface area contributed by atoms with Crippen LogP contribution in [0.1, 0.15) is 46.8 Å². The van der Waals surface area contributed by atoms with E-state index in [1.165, 1.54) is 33.5 Å². The standard InChI is InChI=1S/C25H29N3O/c1-17-15-23(7-8-24(17)20-9-12-27-13-10-20)28-14-11-22(16-18(28)2)19-3-5-21(6-4-19)25(26)29/h3-9,11,15,18,27H,10,12-14,16H2,1-2H3,(H2,26,29). The molecule has 2 aromatic rings. The van der Waals surface area contributed by atoms with E-state index in [1.54, 1.807) is 0 Å². The van der Waals surface area contributed by atoms with Crippen molar-refractivity contribution in [2.24, 2.45) is 5.73 Å². The number of rotatable bonds is 4. The lowest BCUT2D eigenvalue weighted by molar-refractivity contribution is 0.100. The van der Waals surface area contributed by atoms with Crippen LogP contribution in [-0.4, -0.2) is 31.6 Å². The van der Waals surface area contributed by atoms with Crippen molar-refractivity contribution in [2.45, 2.75) is 32.7 Å². The quantitative estimate of drug-likeness (QED) is 0.828. The summed E-state index contributed by atoms with van der Waals surface area (Å²) in [6.07, 6.45) is 6.69. The van der Waals surface area contributed by atoms with Gasteiger partial charge in [0.15, 0.2) is 0 Å². The van der Waals surface area contributed by atoms with Crippen LogP contribution in [0, 0.1) is 6.92 Å². The molecule has 4 heteroatoms. The van der Waals surface area contributed by atoms with E-state index in [0.29, 0.717) is 11.6 Å². The van der Waals surface area contributed by atoms with Crippen LogP contribution in [0.15, 0.2) is 54.6 Å². The molecule has 0 saturated carbocycles. The van der Waals surface area contributed by atoms with Crippen molar-refractivity contribution in [1.29, 1.82) is 0 Å². The predicted octanol–water partition coefficient (Wildman–Crippen LogP) is 4.15. The van der Waals surface area contributed by atoms with E-state index < -0.39 is 0 Å². The summed E-state index contributed by atoms with van der Waals surface area (Å²) in [4.78, 5) is 13.8. The van der Waals surface area contributed by atoms with E-state index in [0.717, 1.165) is 32.5 Å². The highest BCUT2D eigenvalue weighted by Gasteiger charge is 2.21. The number of nitrogens with one attached hydrogen (secondary N) is 1. The summed E-state index contributed by atoms with van der Waals surface area (Å²) in [6.45, 7) is 7.42. The van der Waals surface area contributed by atoms with E-state index >= 15 is 0 Å². The minimum absolute atomic E-state index is 0.382. The van der Waals surface area contributed by atoms with Gasteiger partial charge in [-0.1, -0.05) is 30.4 Å². The van der Waals surface area contributed by atoms with Gasteiger partial charge < -0.3 is 16.0 Å². The highest BCUT2D eigenvalue weighted by atomic mass is 16.1. The van der Waals surface area contributed by atoms with Gasteiger partial charge in [-0.25, -0.2) is 0 Å². The maximum Gasteiger partial charge on any atom is 0.248 e. The first kappa shape index (κ1) is 19.5. The number of aryl methyl sites for hydroxylation is 1. The molecular weight excluding hydrogens is 358 g/mol. The molecule has 0 fully saturated rings. The predicted molar refractivity (Wildman–Crippen MR) is 121 cm³/mol. The molecule has 1 unspecified atom stereocenters. The number of hydrogen-bond acceptors (Lipinski definition) is 3. The Labute approximate surface area is 173 Å². The average molecular weight is 388 g/mol. The summed E-state index contributed by atoms with van der Waals surface area (Å²) < 4.78 is 0. The van der Waals surface area contributed by atoms with Crippen molar-refractivity contribution in [3.05, 3.63) is 76.9 Å². The summed E-state index contributed by atoms with van der Waals surface area (Å²) in [5.41, 5.74) is 13.9. The molecule has 3 N–H and O–H groups in total. The third-order valence-corrected chi connectivity index (χ3v) is 6.07. The fraction of sp³-hybridized carbons (Fsp3) is 0.320. The summed E-state index contributed by atoms with van der Waals surface area (Å²) in [6, 6.07) is 14.9. The summed E-state index contributed by atoms with van der Waals surface area (Å²) in [5.74, 6) is -0.382. The van der Waals surface area contributed by atoms with Gasteiger partial charge in [-0.3, -0.25) is 4.79 Å². The molecule has 0 saturated heterocycles. The average Bonchev–Trinajstić information content (AvgIpc) is 2.74. The van der Waals surface area contributed by atoms with Gasteiger partial charge in [0.2, 0.25) is 5.91 Å². The van der Waals surface area contributed by atoms with Crippen LogP contribution in [0.25, 0.3) is 11.1 Å². The highest BCUT2D eigenvalue weighted by Crippen LogP contribution is 2.32. The molecule has 1 amide bonds. The van der Waals surface area contributed by atoms with Crippen LogP contribution >= 0.6 is 0 Å². The van der Waals surface area contributed by atoms with Crippen molar-refractivity contribution < 1.29 is 4.79 Å². The second-order valence-corrected chi connectivity index (χ2v) is 8.06. The second kappa shape index (κ2) is 8.26. The molecule has 2 heterocycles. The number of primary amides is 1. The molecule has 2 aromatic carbocycles. The Hall–Kier alpha value is -2.85. The van der Waals surface area contributed by atoms with E-state index in [-0.39, 0.29) is 5.91 Å². The Morgan fingerprint density at radius 1 is 1.10 bits per heavy atom. The zero-order valence-corrected chi connectivity index (χ0v) is 17.2. The summed E-state index contributed by atoms with van der Waals surface area (Å²) >= 11 is 0. The number of nitrogens with two attached hydrogens (primary N) is 1. The molecule has 4 rings (SSSR count). The minimum Gasteiger partial charge on any atom is -0.366 e. The Morgan fingerprint density at radius 3 is 2.52 bits per heavy atom. The normalized spacial score (nSPS) is 19.5. The van der Waals surface area contributed by atoms with E-state index in [2.05, 4.69) is 54.4 Å². The van der Waals surface area contributed by atoms with Gasteiger partial charge in [0.05, 0.1) is 0 Å². The Morgan fingerprint density at radius 2 is 1.90 bits per heavy atom.